The van der Waals surface area contributed by atoms with Crippen LogP contribution in [0.15, 0.2) is 74.5 Å². The Bertz CT molecular complexity index is 1540. The van der Waals surface area contributed by atoms with Gasteiger partial charge in [0.2, 0.25) is 5.75 Å². The van der Waals surface area contributed by atoms with E-state index in [0.717, 1.165) is 15.4 Å². The standard InChI is InChI=1S/C25H13Br2F3N2O6S/c26-16-5-2-14(3-6-16)19(33)12-31-23(34)22(39-24(31)35)10-13-1-7-20(17(27)9-13)38-21-8-4-15(25(28,29)30)11-18(21)32(36)37/h1-11H,12H2/b22-10+. The molecule has 0 aromatic heterocycles. The van der Waals surface area contributed by atoms with Crippen LogP contribution in [-0.2, 0) is 11.0 Å². The number of carbonyl (C=O) groups excluding carboxylic acids is 3. The highest BCUT2D eigenvalue weighted by molar-refractivity contribution is 9.10. The normalized spacial score (nSPS) is 14.7. The van der Waals surface area contributed by atoms with Crippen LogP contribution in [0.4, 0.5) is 23.7 Å². The number of alkyl halides is 3. The van der Waals surface area contributed by atoms with Crippen molar-refractivity contribution in [3.05, 3.63) is 101 Å². The molecule has 0 saturated carbocycles. The topological polar surface area (TPSA) is 107 Å². The minimum atomic E-state index is -4.77. The molecule has 1 fully saturated rings. The van der Waals surface area contributed by atoms with Crippen LogP contribution in [0.2, 0.25) is 0 Å². The Morgan fingerprint density at radius 2 is 1.69 bits per heavy atom. The lowest BCUT2D eigenvalue weighted by molar-refractivity contribution is -0.385. The molecule has 0 radical (unpaired) electrons. The summed E-state index contributed by atoms with van der Waals surface area (Å²) >= 11 is 7.17. The smallest absolute Gasteiger partial charge is 0.416 e. The number of imide groups is 1. The third-order valence-electron chi connectivity index (χ3n) is 5.30. The highest BCUT2D eigenvalue weighted by Crippen LogP contribution is 2.40. The number of thioether (sulfide) groups is 1. The van der Waals surface area contributed by atoms with E-state index < -0.39 is 51.6 Å². The summed E-state index contributed by atoms with van der Waals surface area (Å²) in [5, 5.41) is 10.7. The summed E-state index contributed by atoms with van der Waals surface area (Å²) in [4.78, 5) is 49.0. The van der Waals surface area contributed by atoms with Gasteiger partial charge in [0, 0.05) is 16.1 Å². The molecule has 1 saturated heterocycles. The molecule has 0 spiro atoms. The first kappa shape index (κ1) is 28.5. The van der Waals surface area contributed by atoms with Gasteiger partial charge in [0.05, 0.1) is 26.4 Å². The fourth-order valence-corrected chi connectivity index (χ4v) is 4.97. The number of rotatable bonds is 7. The summed E-state index contributed by atoms with van der Waals surface area (Å²) in [5.41, 5.74) is -1.27. The number of nitro groups is 1. The summed E-state index contributed by atoms with van der Waals surface area (Å²) in [5.74, 6) is -1.40. The van der Waals surface area contributed by atoms with Crippen molar-refractivity contribution in [1.29, 1.82) is 0 Å². The van der Waals surface area contributed by atoms with Crippen LogP contribution in [0, 0.1) is 10.1 Å². The van der Waals surface area contributed by atoms with Crippen molar-refractivity contribution in [2.75, 3.05) is 6.54 Å². The zero-order valence-corrected chi connectivity index (χ0v) is 23.2. The zero-order chi connectivity index (χ0) is 28.5. The van der Waals surface area contributed by atoms with Gasteiger partial charge in [-0.1, -0.05) is 34.1 Å². The molecule has 0 N–H and O–H groups in total. The average molecular weight is 686 g/mol. The molecule has 39 heavy (non-hydrogen) atoms. The van der Waals surface area contributed by atoms with Crippen LogP contribution in [0.3, 0.4) is 0 Å². The number of nitrogens with zero attached hydrogens (tertiary/aromatic N) is 2. The molecule has 200 valence electrons. The summed E-state index contributed by atoms with van der Waals surface area (Å²) in [7, 11) is 0. The van der Waals surface area contributed by atoms with Crippen LogP contribution < -0.4 is 4.74 Å². The van der Waals surface area contributed by atoms with Gasteiger partial charge in [-0.25, -0.2) is 0 Å². The quantitative estimate of drug-likeness (QED) is 0.108. The van der Waals surface area contributed by atoms with Gasteiger partial charge in [-0.2, -0.15) is 13.2 Å². The fourth-order valence-electron chi connectivity index (χ4n) is 3.39. The van der Waals surface area contributed by atoms with Gasteiger partial charge in [0.1, 0.15) is 5.75 Å². The number of benzene rings is 3. The second-order valence-corrected chi connectivity index (χ2v) is 10.7. The molecule has 1 heterocycles. The summed E-state index contributed by atoms with van der Waals surface area (Å²) in [6.07, 6.45) is -3.35. The first-order valence-electron chi connectivity index (χ1n) is 10.7. The van der Waals surface area contributed by atoms with E-state index in [2.05, 4.69) is 31.9 Å². The zero-order valence-electron chi connectivity index (χ0n) is 19.2. The van der Waals surface area contributed by atoms with Crippen molar-refractivity contribution in [1.82, 2.24) is 4.90 Å². The van der Waals surface area contributed by atoms with E-state index >= 15 is 0 Å². The highest BCUT2D eigenvalue weighted by atomic mass is 79.9. The summed E-state index contributed by atoms with van der Waals surface area (Å²) in [6, 6.07) is 12.7. The van der Waals surface area contributed by atoms with Crippen molar-refractivity contribution in [3.8, 4) is 11.5 Å². The molecule has 1 aliphatic rings. The van der Waals surface area contributed by atoms with Gasteiger partial charge >= 0.3 is 11.9 Å². The molecule has 4 rings (SSSR count). The molecular formula is C25H13Br2F3N2O6S. The van der Waals surface area contributed by atoms with Gasteiger partial charge in [-0.3, -0.25) is 29.4 Å². The number of amides is 2. The van der Waals surface area contributed by atoms with Crippen LogP contribution in [0.5, 0.6) is 11.5 Å². The third kappa shape index (κ3) is 6.57. The van der Waals surface area contributed by atoms with Gasteiger partial charge in [-0.15, -0.1) is 0 Å². The van der Waals surface area contributed by atoms with Crippen LogP contribution in [-0.4, -0.2) is 33.3 Å². The molecule has 0 aliphatic carbocycles. The minimum Gasteiger partial charge on any atom is -0.449 e. The van der Waals surface area contributed by atoms with Crippen molar-refractivity contribution in [3.63, 3.8) is 0 Å². The van der Waals surface area contributed by atoms with Crippen molar-refractivity contribution >= 4 is 72.3 Å². The highest BCUT2D eigenvalue weighted by Gasteiger charge is 2.36. The maximum Gasteiger partial charge on any atom is 0.416 e. The lowest BCUT2D eigenvalue weighted by Gasteiger charge is -2.12. The Labute approximate surface area is 239 Å². The molecular weight excluding hydrogens is 673 g/mol. The maximum absolute atomic E-state index is 13.0. The molecule has 3 aromatic rings. The Balaban J connectivity index is 1.51. The Morgan fingerprint density at radius 1 is 1.03 bits per heavy atom. The molecule has 0 bridgehead atoms. The number of hydrogen-bond donors (Lipinski definition) is 0. The summed E-state index contributed by atoms with van der Waals surface area (Å²) < 4.78 is 45.4. The molecule has 3 aromatic carbocycles. The largest absolute Gasteiger partial charge is 0.449 e. The third-order valence-corrected chi connectivity index (χ3v) is 7.35. The summed E-state index contributed by atoms with van der Waals surface area (Å²) in [6.45, 7) is -0.425. The lowest BCUT2D eigenvalue weighted by atomic mass is 10.1. The van der Waals surface area contributed by atoms with Crippen molar-refractivity contribution in [2.45, 2.75) is 6.18 Å². The van der Waals surface area contributed by atoms with E-state index in [-0.39, 0.29) is 15.1 Å². The second kappa shape index (κ2) is 11.3. The minimum absolute atomic E-state index is 0.0585. The van der Waals surface area contributed by atoms with E-state index in [1.807, 2.05) is 0 Å². The average Bonchev–Trinajstić information content (AvgIpc) is 3.12. The molecule has 1 aliphatic heterocycles. The molecule has 14 heteroatoms. The SMILES string of the molecule is O=C(CN1C(=O)S/C(=C/c2ccc(Oc3ccc(C(F)(F)F)cc3[N+](=O)[O-])c(Br)c2)C1=O)c1ccc(Br)cc1. The number of ketones is 1. The van der Waals surface area contributed by atoms with Gasteiger partial charge < -0.3 is 4.74 Å². The number of carbonyl (C=O) groups is 3. The molecule has 8 nitrogen and oxygen atoms in total. The molecule has 0 unspecified atom stereocenters. The van der Waals surface area contributed by atoms with Crippen LogP contribution in [0.25, 0.3) is 6.08 Å². The van der Waals surface area contributed by atoms with Gasteiger partial charge in [0.25, 0.3) is 11.1 Å². The first-order valence-corrected chi connectivity index (χ1v) is 13.1. The van der Waals surface area contributed by atoms with Crippen molar-refractivity contribution < 1.29 is 37.2 Å². The number of ether oxygens (including phenoxy) is 1. The van der Waals surface area contributed by atoms with E-state index in [4.69, 9.17) is 4.74 Å². The number of hydrogen-bond acceptors (Lipinski definition) is 7. The number of Topliss-reactive ketones (excluding diaryl/α,β-unsaturated/α-hetero) is 1. The maximum atomic E-state index is 13.0. The predicted molar refractivity (Wildman–Crippen MR) is 143 cm³/mol. The van der Waals surface area contributed by atoms with E-state index in [9.17, 15) is 37.7 Å². The predicted octanol–water partition coefficient (Wildman–Crippen LogP) is 7.85. The van der Waals surface area contributed by atoms with Gasteiger partial charge in [0.15, 0.2) is 5.78 Å². The van der Waals surface area contributed by atoms with Gasteiger partial charge in [-0.05, 0) is 75.7 Å². The molecule has 0 atom stereocenters. The van der Waals surface area contributed by atoms with Crippen LogP contribution in [0.1, 0.15) is 21.5 Å². The van der Waals surface area contributed by atoms with Crippen molar-refractivity contribution in [2.24, 2.45) is 0 Å². The molecule has 2 amide bonds. The fraction of sp³-hybridized carbons (Fsp3) is 0.0800. The Hall–Kier alpha value is -3.49. The van der Waals surface area contributed by atoms with E-state index in [1.165, 1.54) is 24.3 Å². The monoisotopic (exact) mass is 684 g/mol. The van der Waals surface area contributed by atoms with E-state index in [0.29, 0.717) is 35.0 Å². The number of halogens is 5. The Kier molecular flexibility index (Phi) is 8.28. The lowest BCUT2D eigenvalue weighted by Crippen LogP contribution is -2.33. The first-order chi connectivity index (χ1) is 18.3. The van der Waals surface area contributed by atoms with Crippen LogP contribution >= 0.6 is 43.6 Å². The Morgan fingerprint density at radius 3 is 2.31 bits per heavy atom. The second-order valence-electron chi connectivity index (χ2n) is 7.93. The van der Waals surface area contributed by atoms with E-state index in [1.54, 1.807) is 24.3 Å². The number of nitro benzene ring substituents is 1.